The van der Waals surface area contributed by atoms with Crippen molar-refractivity contribution in [1.82, 2.24) is 79.0 Å². The highest BCUT2D eigenvalue weighted by Crippen LogP contribution is 2.36. The van der Waals surface area contributed by atoms with Crippen LogP contribution in [-0.2, 0) is 28.2 Å². The Kier molecular flexibility index (Phi) is 5.92. The SMILES string of the molecule is Cn1cnnc1-c1c2nc(c(-c3nncn3C)c3ccc([nH]3)c(-c3nncn3C)c3nc(c(-c4nncn4C)c4ccc1[nH]4)C=C3)C=C2. The molecule has 0 fully saturated rings. The Morgan fingerprint density at radius 2 is 0.646 bits per heavy atom. The highest BCUT2D eigenvalue weighted by molar-refractivity contribution is 5.97. The third-order valence-corrected chi connectivity index (χ3v) is 8.49. The first-order valence-corrected chi connectivity index (χ1v) is 15.0. The summed E-state index contributed by atoms with van der Waals surface area (Å²) >= 11 is 0. The highest BCUT2D eigenvalue weighted by Gasteiger charge is 2.23. The van der Waals surface area contributed by atoms with Crippen LogP contribution in [-0.4, -0.2) is 79.0 Å². The predicted octanol–water partition coefficient (Wildman–Crippen LogP) is 3.84. The predicted molar refractivity (Wildman–Crippen MR) is 179 cm³/mol. The number of nitrogens with zero attached hydrogens (tertiary/aromatic N) is 14. The number of fused-ring (bicyclic) bond motifs is 8. The monoisotopic (exact) mass is 634 g/mol. The van der Waals surface area contributed by atoms with E-state index in [4.69, 9.17) is 9.97 Å². The van der Waals surface area contributed by atoms with Gasteiger partial charge in [-0.15, -0.1) is 40.8 Å². The van der Waals surface area contributed by atoms with Crippen molar-refractivity contribution in [3.8, 4) is 45.6 Å². The number of rotatable bonds is 4. The summed E-state index contributed by atoms with van der Waals surface area (Å²) < 4.78 is 7.48. The maximum absolute atomic E-state index is 5.19. The van der Waals surface area contributed by atoms with Crippen LogP contribution >= 0.6 is 0 Å². The first-order valence-electron chi connectivity index (χ1n) is 15.0. The number of H-pyrrole nitrogens is 2. The molecule has 2 aliphatic heterocycles. The van der Waals surface area contributed by atoms with Gasteiger partial charge in [0.15, 0.2) is 23.3 Å². The van der Waals surface area contributed by atoms with Crippen LogP contribution in [0.25, 0.3) is 91.9 Å². The van der Waals surface area contributed by atoms with Crippen molar-refractivity contribution in [2.24, 2.45) is 28.2 Å². The van der Waals surface area contributed by atoms with Gasteiger partial charge < -0.3 is 28.2 Å². The maximum Gasteiger partial charge on any atom is 0.167 e. The molecule has 2 aliphatic rings. The second-order valence-electron chi connectivity index (χ2n) is 11.6. The minimum atomic E-state index is 0.647. The fourth-order valence-corrected chi connectivity index (χ4v) is 6.18. The summed E-state index contributed by atoms with van der Waals surface area (Å²) in [5, 5.41) is 34.6. The van der Waals surface area contributed by atoms with E-state index in [1.807, 2.05) is 95.0 Å². The maximum atomic E-state index is 5.19. The van der Waals surface area contributed by atoms with E-state index in [0.717, 1.165) is 44.3 Å². The molecule has 9 heterocycles. The van der Waals surface area contributed by atoms with Gasteiger partial charge in [-0.1, -0.05) is 0 Å². The molecule has 48 heavy (non-hydrogen) atoms. The lowest BCUT2D eigenvalue weighted by Gasteiger charge is -2.05. The van der Waals surface area contributed by atoms with Crippen LogP contribution in [0.2, 0.25) is 0 Å². The lowest BCUT2D eigenvalue weighted by Crippen LogP contribution is -1.97. The van der Waals surface area contributed by atoms with Gasteiger partial charge >= 0.3 is 0 Å². The second-order valence-corrected chi connectivity index (χ2v) is 11.6. The van der Waals surface area contributed by atoms with Gasteiger partial charge in [0.2, 0.25) is 0 Å². The van der Waals surface area contributed by atoms with E-state index in [0.29, 0.717) is 46.1 Å². The first kappa shape index (κ1) is 27.5. The number of nitrogens with one attached hydrogen (secondary N) is 2. The average Bonchev–Trinajstić information content (AvgIpc) is 3.91. The number of aromatic amines is 2. The first-order chi connectivity index (χ1) is 23.4. The van der Waals surface area contributed by atoms with Gasteiger partial charge in [0, 0.05) is 28.2 Å². The molecule has 0 amide bonds. The molecule has 16 heteroatoms. The molecule has 234 valence electrons. The summed E-state index contributed by atoms with van der Waals surface area (Å²) in [5.41, 5.74) is 9.06. The van der Waals surface area contributed by atoms with Gasteiger partial charge in [-0.2, -0.15) is 0 Å². The van der Waals surface area contributed by atoms with Crippen LogP contribution in [0.1, 0.15) is 22.8 Å². The molecule has 8 bridgehead atoms. The minimum absolute atomic E-state index is 0.647. The Morgan fingerprint density at radius 1 is 0.396 bits per heavy atom. The summed E-state index contributed by atoms with van der Waals surface area (Å²) in [6.07, 6.45) is 14.6. The van der Waals surface area contributed by atoms with E-state index < -0.39 is 0 Å². The molecule has 0 aliphatic carbocycles. The molecule has 0 aromatic carbocycles. The van der Waals surface area contributed by atoms with E-state index >= 15 is 0 Å². The zero-order valence-corrected chi connectivity index (χ0v) is 26.2. The summed E-state index contributed by atoms with van der Waals surface area (Å²) in [5.74, 6) is 2.59. The lowest BCUT2D eigenvalue weighted by molar-refractivity contribution is 0.917. The molecular formula is C32H26N16. The van der Waals surface area contributed by atoms with Crippen LogP contribution in [0.3, 0.4) is 0 Å². The molecule has 0 saturated heterocycles. The van der Waals surface area contributed by atoms with Gasteiger partial charge in [0.25, 0.3) is 0 Å². The molecule has 0 atom stereocenters. The molecule has 0 unspecified atom stereocenters. The molecule has 9 rings (SSSR count). The minimum Gasteiger partial charge on any atom is -0.354 e. The van der Waals surface area contributed by atoms with Crippen molar-refractivity contribution in [2.75, 3.05) is 0 Å². The van der Waals surface area contributed by atoms with Crippen LogP contribution in [0.4, 0.5) is 0 Å². The molecule has 2 N–H and O–H groups in total. The molecule has 0 saturated carbocycles. The van der Waals surface area contributed by atoms with Crippen molar-refractivity contribution < 1.29 is 0 Å². The van der Waals surface area contributed by atoms with Crippen LogP contribution in [0, 0.1) is 0 Å². The molecule has 7 aromatic heterocycles. The van der Waals surface area contributed by atoms with Crippen LogP contribution in [0.15, 0.2) is 49.6 Å². The summed E-state index contributed by atoms with van der Waals surface area (Å²) in [4.78, 5) is 17.6. The summed E-state index contributed by atoms with van der Waals surface area (Å²) in [7, 11) is 7.63. The van der Waals surface area contributed by atoms with E-state index in [1.54, 1.807) is 25.3 Å². The molecule has 16 nitrogen and oxygen atoms in total. The van der Waals surface area contributed by atoms with Gasteiger partial charge in [-0.05, 0) is 48.6 Å². The molecule has 0 radical (unpaired) electrons. The van der Waals surface area contributed by atoms with E-state index in [1.165, 1.54) is 0 Å². The molecular weight excluding hydrogens is 608 g/mol. The molecule has 0 spiro atoms. The average molecular weight is 635 g/mol. The normalized spacial score (nSPS) is 12.4. The van der Waals surface area contributed by atoms with Gasteiger partial charge in [0.05, 0.1) is 67.1 Å². The van der Waals surface area contributed by atoms with E-state index in [-0.39, 0.29) is 0 Å². The smallest absolute Gasteiger partial charge is 0.167 e. The standard InChI is InChI=1S/C32H26N16/c1-45-13-33-41-29(45)25-17-5-7-19(37-17)26(30-42-34-14-46(30)2)21-9-11-23(39-21)28(32-44-36-16-48(32)4)24-12-10-22(40-24)27(20-8-6-18(25)38-20)31-43-35-15-47(31)3/h5-16,37,40H,1-4H3. The van der Waals surface area contributed by atoms with Gasteiger partial charge in [-0.25, -0.2) is 9.97 Å². The van der Waals surface area contributed by atoms with Crippen molar-refractivity contribution in [1.29, 1.82) is 0 Å². The Bertz CT molecular complexity index is 2280. The Balaban J connectivity index is 1.51. The second kappa shape index (κ2) is 10.3. The largest absolute Gasteiger partial charge is 0.354 e. The highest BCUT2D eigenvalue weighted by atomic mass is 15.3. The summed E-state index contributed by atoms with van der Waals surface area (Å²) in [6.45, 7) is 0. The quantitative estimate of drug-likeness (QED) is 0.289. The number of aromatic nitrogens is 16. The molecule has 7 aromatic rings. The van der Waals surface area contributed by atoms with Gasteiger partial charge in [0.1, 0.15) is 25.3 Å². The zero-order valence-electron chi connectivity index (χ0n) is 26.2. The Labute approximate surface area is 271 Å². The number of hydrogen-bond donors (Lipinski definition) is 2. The zero-order chi connectivity index (χ0) is 32.5. The van der Waals surface area contributed by atoms with Crippen LogP contribution in [0.5, 0.6) is 0 Å². The van der Waals surface area contributed by atoms with Crippen molar-refractivity contribution in [3.63, 3.8) is 0 Å². The Hall–Kier alpha value is -6.84. The van der Waals surface area contributed by atoms with E-state index in [9.17, 15) is 0 Å². The fourth-order valence-electron chi connectivity index (χ4n) is 6.18. The topological polar surface area (TPSA) is 180 Å². The van der Waals surface area contributed by atoms with E-state index in [2.05, 4.69) is 50.8 Å². The number of aryl methyl sites for hydroxylation is 4. The fraction of sp³-hybridized carbons (Fsp3) is 0.125. The summed E-state index contributed by atoms with van der Waals surface area (Å²) in [6, 6.07) is 8.03. The van der Waals surface area contributed by atoms with Crippen molar-refractivity contribution in [3.05, 3.63) is 72.4 Å². The lowest BCUT2D eigenvalue weighted by atomic mass is 10.1. The van der Waals surface area contributed by atoms with Crippen molar-refractivity contribution in [2.45, 2.75) is 0 Å². The third kappa shape index (κ3) is 4.15. The van der Waals surface area contributed by atoms with Gasteiger partial charge in [-0.3, -0.25) is 0 Å². The van der Waals surface area contributed by atoms with Crippen molar-refractivity contribution >= 4 is 46.4 Å². The van der Waals surface area contributed by atoms with Crippen LogP contribution < -0.4 is 0 Å². The third-order valence-electron chi connectivity index (χ3n) is 8.49. The number of hydrogen-bond acceptors (Lipinski definition) is 10. The Morgan fingerprint density at radius 3 is 0.854 bits per heavy atom.